The van der Waals surface area contributed by atoms with Crippen molar-refractivity contribution in [3.05, 3.63) is 64.7 Å². The zero-order valence-corrected chi connectivity index (χ0v) is 21.5. The molecule has 2 aromatic rings. The van der Waals surface area contributed by atoms with E-state index in [-0.39, 0.29) is 30.0 Å². The van der Waals surface area contributed by atoms with Gasteiger partial charge in [0.05, 0.1) is 11.9 Å². The van der Waals surface area contributed by atoms with Crippen LogP contribution in [-0.4, -0.2) is 55.8 Å². The zero-order valence-electron chi connectivity index (χ0n) is 19.9. The molecule has 1 unspecified atom stereocenters. The Morgan fingerprint density at radius 2 is 1.68 bits per heavy atom. The van der Waals surface area contributed by atoms with Gasteiger partial charge in [-0.25, -0.2) is 8.42 Å². The Bertz CT molecular complexity index is 1170. The second kappa shape index (κ2) is 11.5. The maximum atomic E-state index is 13.5. The number of hydrogen-bond donors (Lipinski definition) is 1. The van der Waals surface area contributed by atoms with Crippen molar-refractivity contribution >= 4 is 44.9 Å². The average molecular weight is 508 g/mol. The minimum absolute atomic E-state index is 0.0527. The highest BCUT2D eigenvalue weighted by molar-refractivity contribution is 7.92. The molecule has 8 nitrogen and oxygen atoms in total. The average Bonchev–Trinajstić information content (AvgIpc) is 2.74. The van der Waals surface area contributed by atoms with E-state index in [0.717, 1.165) is 10.6 Å². The number of anilines is 1. The molecule has 0 aromatic heterocycles. The summed E-state index contributed by atoms with van der Waals surface area (Å²) < 4.78 is 26.1. The Morgan fingerprint density at radius 1 is 1.03 bits per heavy atom. The monoisotopic (exact) mass is 507 g/mol. The molecule has 1 atom stereocenters. The van der Waals surface area contributed by atoms with Crippen molar-refractivity contribution in [3.63, 3.8) is 0 Å². The maximum absolute atomic E-state index is 13.5. The molecule has 2 rings (SSSR count). The molecule has 0 saturated heterocycles. The number of sulfonamides is 1. The third-order valence-electron chi connectivity index (χ3n) is 5.06. The molecule has 0 aliphatic rings. The Balaban J connectivity index is 2.43. The van der Waals surface area contributed by atoms with Crippen LogP contribution in [0.25, 0.3) is 0 Å². The number of benzene rings is 2. The third kappa shape index (κ3) is 7.56. The molecule has 0 spiro atoms. The van der Waals surface area contributed by atoms with Crippen molar-refractivity contribution in [2.45, 2.75) is 46.3 Å². The van der Waals surface area contributed by atoms with Crippen molar-refractivity contribution in [3.8, 4) is 0 Å². The number of carbonyl (C=O) groups excluding carboxylic acids is 3. The van der Waals surface area contributed by atoms with Crippen LogP contribution < -0.4 is 9.62 Å². The van der Waals surface area contributed by atoms with Gasteiger partial charge in [-0.15, -0.1) is 0 Å². The smallest absolute Gasteiger partial charge is 0.244 e. The van der Waals surface area contributed by atoms with Gasteiger partial charge in [0.1, 0.15) is 12.6 Å². The van der Waals surface area contributed by atoms with Gasteiger partial charge in [0.2, 0.25) is 21.8 Å². The Kier molecular flexibility index (Phi) is 9.23. The van der Waals surface area contributed by atoms with Crippen LogP contribution in [-0.2, 0) is 26.2 Å². The summed E-state index contributed by atoms with van der Waals surface area (Å²) >= 11 is 6.09. The number of nitrogens with one attached hydrogen (secondary N) is 1. The number of nitrogens with zero attached hydrogens (tertiary/aromatic N) is 2. The summed E-state index contributed by atoms with van der Waals surface area (Å²) in [4.78, 5) is 39.3. The highest BCUT2D eigenvalue weighted by atomic mass is 35.5. The van der Waals surface area contributed by atoms with E-state index in [2.05, 4.69) is 5.32 Å². The first-order valence-corrected chi connectivity index (χ1v) is 12.9. The van der Waals surface area contributed by atoms with E-state index in [1.807, 2.05) is 0 Å². The summed E-state index contributed by atoms with van der Waals surface area (Å²) in [5.41, 5.74) is 1.19. The van der Waals surface area contributed by atoms with E-state index in [0.29, 0.717) is 16.1 Å². The first-order chi connectivity index (χ1) is 15.8. The zero-order chi connectivity index (χ0) is 25.6. The Morgan fingerprint density at radius 3 is 2.24 bits per heavy atom. The number of ketones is 1. The van der Waals surface area contributed by atoms with Crippen molar-refractivity contribution in [2.24, 2.45) is 0 Å². The van der Waals surface area contributed by atoms with Crippen molar-refractivity contribution in [1.29, 1.82) is 0 Å². The van der Waals surface area contributed by atoms with Crippen LogP contribution >= 0.6 is 11.6 Å². The SMILES string of the molecule is CC(=O)c1cccc(N(CC(=O)N(Cc2cccc(Cl)c2)C(C)C(=O)NC(C)C)S(C)(=O)=O)c1. The summed E-state index contributed by atoms with van der Waals surface area (Å²) in [7, 11) is -3.88. The molecule has 0 fully saturated rings. The predicted molar refractivity (Wildman–Crippen MR) is 133 cm³/mol. The predicted octanol–water partition coefficient (Wildman–Crippen LogP) is 3.25. The molecule has 1 N–H and O–H groups in total. The summed E-state index contributed by atoms with van der Waals surface area (Å²) in [6.07, 6.45) is 0.983. The topological polar surface area (TPSA) is 104 Å². The van der Waals surface area contributed by atoms with Gasteiger partial charge in [-0.1, -0.05) is 35.9 Å². The molecule has 0 bridgehead atoms. The molecular formula is C24H30ClN3O5S. The van der Waals surface area contributed by atoms with Gasteiger partial charge >= 0.3 is 0 Å². The molecule has 2 amide bonds. The van der Waals surface area contributed by atoms with E-state index in [1.54, 1.807) is 57.2 Å². The normalized spacial score (nSPS) is 12.2. The lowest BCUT2D eigenvalue weighted by Crippen LogP contribution is -2.52. The molecule has 10 heteroatoms. The number of hydrogen-bond acceptors (Lipinski definition) is 5. The van der Waals surface area contributed by atoms with Crippen molar-refractivity contribution in [1.82, 2.24) is 10.2 Å². The maximum Gasteiger partial charge on any atom is 0.244 e. The molecular weight excluding hydrogens is 478 g/mol. The molecule has 0 radical (unpaired) electrons. The summed E-state index contributed by atoms with van der Waals surface area (Å²) in [5, 5.41) is 3.26. The number of halogens is 1. The molecule has 0 aliphatic heterocycles. The second-order valence-corrected chi connectivity index (χ2v) is 10.7. The van der Waals surface area contributed by atoms with E-state index < -0.39 is 28.5 Å². The minimum Gasteiger partial charge on any atom is -0.352 e. The van der Waals surface area contributed by atoms with E-state index in [1.165, 1.54) is 24.0 Å². The molecule has 0 heterocycles. The van der Waals surface area contributed by atoms with Gasteiger partial charge in [-0.3, -0.25) is 18.7 Å². The fourth-order valence-corrected chi connectivity index (χ4v) is 4.37. The van der Waals surface area contributed by atoms with Gasteiger partial charge in [-0.05, 0) is 57.5 Å². The van der Waals surface area contributed by atoms with Crippen LogP contribution in [0.5, 0.6) is 0 Å². The van der Waals surface area contributed by atoms with Crippen molar-refractivity contribution < 1.29 is 22.8 Å². The molecule has 0 saturated carbocycles. The molecule has 0 aliphatic carbocycles. The molecule has 2 aromatic carbocycles. The van der Waals surface area contributed by atoms with Crippen LogP contribution in [0.4, 0.5) is 5.69 Å². The fourth-order valence-electron chi connectivity index (χ4n) is 3.31. The fraction of sp³-hybridized carbons (Fsp3) is 0.375. The summed E-state index contributed by atoms with van der Waals surface area (Å²) in [5.74, 6) is -1.18. The number of rotatable bonds is 10. The summed E-state index contributed by atoms with van der Waals surface area (Å²) in [6.45, 7) is 6.08. The third-order valence-corrected chi connectivity index (χ3v) is 6.44. The van der Waals surface area contributed by atoms with Gasteiger partial charge in [0.25, 0.3) is 0 Å². The van der Waals surface area contributed by atoms with Crippen LogP contribution in [0, 0.1) is 0 Å². The number of carbonyl (C=O) groups is 3. The van der Waals surface area contributed by atoms with E-state index in [9.17, 15) is 22.8 Å². The standard InChI is InChI=1S/C24H30ClN3O5S/c1-16(2)26-24(31)17(3)27(14-19-8-6-10-21(25)12-19)23(30)15-28(34(5,32)33)22-11-7-9-20(13-22)18(4)29/h6-13,16-17H,14-15H2,1-5H3,(H,26,31). The van der Waals surface area contributed by atoms with Gasteiger partial charge < -0.3 is 10.2 Å². The lowest BCUT2D eigenvalue weighted by molar-refractivity contribution is -0.139. The molecule has 34 heavy (non-hydrogen) atoms. The Hall–Kier alpha value is -2.91. The second-order valence-electron chi connectivity index (χ2n) is 8.37. The lowest BCUT2D eigenvalue weighted by atomic mass is 10.1. The van der Waals surface area contributed by atoms with Crippen LogP contribution in [0.3, 0.4) is 0 Å². The number of amides is 2. The van der Waals surface area contributed by atoms with Crippen molar-refractivity contribution in [2.75, 3.05) is 17.1 Å². The minimum atomic E-state index is -3.88. The van der Waals surface area contributed by atoms with Gasteiger partial charge in [0.15, 0.2) is 5.78 Å². The van der Waals surface area contributed by atoms with Crippen LogP contribution in [0.1, 0.15) is 43.6 Å². The quantitative estimate of drug-likeness (QED) is 0.497. The first-order valence-electron chi connectivity index (χ1n) is 10.7. The van der Waals surface area contributed by atoms with Gasteiger partial charge in [-0.2, -0.15) is 0 Å². The lowest BCUT2D eigenvalue weighted by Gasteiger charge is -2.32. The molecule has 184 valence electrons. The first kappa shape index (κ1) is 27.3. The number of Topliss-reactive ketones (excluding diaryl/α,β-unsaturated/α-hetero) is 1. The van der Waals surface area contributed by atoms with E-state index >= 15 is 0 Å². The summed E-state index contributed by atoms with van der Waals surface area (Å²) in [6, 6.07) is 11.9. The van der Waals surface area contributed by atoms with Crippen LogP contribution in [0.15, 0.2) is 48.5 Å². The van der Waals surface area contributed by atoms with E-state index in [4.69, 9.17) is 11.6 Å². The van der Waals surface area contributed by atoms with Gasteiger partial charge in [0, 0.05) is 23.2 Å². The highest BCUT2D eigenvalue weighted by Crippen LogP contribution is 2.21. The largest absolute Gasteiger partial charge is 0.352 e. The van der Waals surface area contributed by atoms with Crippen LogP contribution in [0.2, 0.25) is 5.02 Å². The highest BCUT2D eigenvalue weighted by Gasteiger charge is 2.30. The Labute approximate surface area is 205 Å².